The highest BCUT2D eigenvalue weighted by Gasteiger charge is 2.58. The second kappa shape index (κ2) is 9.87. The molecule has 0 amide bonds. The fraction of sp³-hybridized carbons (Fsp3) is 0.261. The van der Waals surface area contributed by atoms with Gasteiger partial charge in [0.05, 0.1) is 17.5 Å². The zero-order valence-electron chi connectivity index (χ0n) is 20.0. The minimum atomic E-state index is -5.87. The van der Waals surface area contributed by atoms with E-state index in [1.165, 1.54) is 13.0 Å². The Balaban J connectivity index is 1.80. The third-order valence-corrected chi connectivity index (χ3v) is 7.33. The van der Waals surface area contributed by atoms with Gasteiger partial charge >= 0.3 is 24.0 Å². The van der Waals surface area contributed by atoms with Gasteiger partial charge < -0.3 is 4.74 Å². The van der Waals surface area contributed by atoms with Gasteiger partial charge in [-0.15, -0.1) is 5.10 Å². The van der Waals surface area contributed by atoms with Gasteiger partial charge in [0.1, 0.15) is 10.6 Å². The van der Waals surface area contributed by atoms with E-state index in [4.69, 9.17) is 0 Å². The Hall–Kier alpha value is -4.02. The maximum Gasteiger partial charge on any atom is 0.456 e. The number of benzene rings is 1. The highest BCUT2D eigenvalue weighted by molar-refractivity contribution is 7.91. The molecule has 4 aromatic rings. The largest absolute Gasteiger partial charge is 0.485 e. The summed E-state index contributed by atoms with van der Waals surface area (Å²) in [5.74, 6) is -6.72. The van der Waals surface area contributed by atoms with Crippen LogP contribution in [-0.2, 0) is 16.0 Å². The summed E-state index contributed by atoms with van der Waals surface area (Å²) in [6, 6.07) is 7.08. The predicted molar refractivity (Wildman–Crippen MR) is 123 cm³/mol. The van der Waals surface area contributed by atoms with Crippen LogP contribution in [0, 0.1) is 0 Å². The van der Waals surface area contributed by atoms with Gasteiger partial charge in [0.25, 0.3) is 0 Å². The van der Waals surface area contributed by atoms with Crippen molar-refractivity contribution in [2.24, 2.45) is 0 Å². The average Bonchev–Trinajstić information content (AvgIpc) is 3.21. The summed E-state index contributed by atoms with van der Waals surface area (Å²) < 4.78 is 135. The molecule has 0 radical (unpaired) electrons. The quantitative estimate of drug-likeness (QED) is 0.281. The molecule has 0 aliphatic carbocycles. The zero-order chi connectivity index (χ0) is 29.7. The number of hydrogen-bond donors (Lipinski definition) is 0. The Morgan fingerprint density at radius 1 is 0.950 bits per heavy atom. The number of aromatic nitrogens is 4. The topological polar surface area (TPSA) is 95.6 Å². The van der Waals surface area contributed by atoms with Crippen molar-refractivity contribution >= 4 is 15.5 Å². The fourth-order valence-electron chi connectivity index (χ4n) is 3.45. The van der Waals surface area contributed by atoms with E-state index in [0.717, 1.165) is 48.8 Å². The Morgan fingerprint density at radius 2 is 1.65 bits per heavy atom. The molecule has 17 heteroatoms. The number of nitrogens with zero attached hydrogens (tertiary/aromatic N) is 4. The predicted octanol–water partition coefficient (Wildman–Crippen LogP) is 4.94. The Labute approximate surface area is 219 Å². The average molecular weight is 596 g/mol. The lowest BCUT2D eigenvalue weighted by Crippen LogP contribution is -2.41. The van der Waals surface area contributed by atoms with Crippen molar-refractivity contribution in [1.29, 1.82) is 0 Å². The summed E-state index contributed by atoms with van der Waals surface area (Å²) in [5.41, 5.74) is -2.28. The summed E-state index contributed by atoms with van der Waals surface area (Å²) in [4.78, 5) is 16.5. The van der Waals surface area contributed by atoms with Gasteiger partial charge in [-0.1, -0.05) is 19.1 Å². The maximum absolute atomic E-state index is 13.2. The molecule has 0 saturated heterocycles. The van der Waals surface area contributed by atoms with Crippen LogP contribution in [0.5, 0.6) is 5.75 Å². The van der Waals surface area contributed by atoms with Gasteiger partial charge in [-0.3, -0.25) is 0 Å². The van der Waals surface area contributed by atoms with Gasteiger partial charge in [-0.05, 0) is 35.9 Å². The van der Waals surface area contributed by atoms with Crippen molar-refractivity contribution in [2.75, 3.05) is 12.4 Å². The first-order valence-electron chi connectivity index (χ1n) is 11.0. The van der Waals surface area contributed by atoms with Crippen molar-refractivity contribution in [2.45, 2.75) is 30.1 Å². The van der Waals surface area contributed by atoms with Crippen LogP contribution in [0.1, 0.15) is 12.5 Å². The van der Waals surface area contributed by atoms with Gasteiger partial charge in [-0.2, -0.15) is 39.8 Å². The zero-order valence-corrected chi connectivity index (χ0v) is 20.8. The molecule has 0 fully saturated rings. The molecule has 0 aliphatic rings. The first-order chi connectivity index (χ1) is 18.4. The van der Waals surface area contributed by atoms with E-state index in [2.05, 4.69) is 14.8 Å². The first kappa shape index (κ1) is 29.0. The van der Waals surface area contributed by atoms with Crippen molar-refractivity contribution in [3.63, 3.8) is 0 Å². The summed E-state index contributed by atoms with van der Waals surface area (Å²) in [5, 5.41) is 3.94. The van der Waals surface area contributed by atoms with Crippen LogP contribution in [-0.4, -0.2) is 52.0 Å². The van der Waals surface area contributed by atoms with Gasteiger partial charge in [0.15, 0.2) is 27.9 Å². The van der Waals surface area contributed by atoms with Crippen LogP contribution in [0.2, 0.25) is 0 Å². The Bertz CT molecular complexity index is 1740. The van der Waals surface area contributed by atoms with E-state index < -0.39 is 68.2 Å². The van der Waals surface area contributed by atoms with Crippen LogP contribution >= 0.6 is 0 Å². The van der Waals surface area contributed by atoms with Gasteiger partial charge in [0, 0.05) is 11.8 Å². The van der Waals surface area contributed by atoms with Crippen LogP contribution in [0.3, 0.4) is 0 Å². The monoisotopic (exact) mass is 596 g/mol. The molecule has 0 unspecified atom stereocenters. The summed E-state index contributed by atoms with van der Waals surface area (Å²) in [6.07, 6.45) is -8.73. The molecule has 0 N–H and O–H groups in total. The lowest BCUT2D eigenvalue weighted by Gasteiger charge is -2.19. The minimum Gasteiger partial charge on any atom is -0.485 e. The molecule has 0 aliphatic heterocycles. The number of sulfone groups is 1. The van der Waals surface area contributed by atoms with E-state index in [-0.39, 0.29) is 16.8 Å². The highest BCUT2D eigenvalue weighted by atomic mass is 32.2. The van der Waals surface area contributed by atoms with E-state index in [9.17, 15) is 48.3 Å². The molecule has 0 saturated carbocycles. The van der Waals surface area contributed by atoms with Crippen LogP contribution in [0.25, 0.3) is 22.6 Å². The second-order valence-electron chi connectivity index (χ2n) is 8.31. The van der Waals surface area contributed by atoms with Gasteiger partial charge in [0.2, 0.25) is 0 Å². The summed E-state index contributed by atoms with van der Waals surface area (Å²) in [6.45, 7) is -0.787. The number of fused-ring (bicyclic) bond motifs is 1. The summed E-state index contributed by atoms with van der Waals surface area (Å²) in [7, 11) is -4.16. The second-order valence-corrected chi connectivity index (χ2v) is 10.6. The number of rotatable bonds is 7. The van der Waals surface area contributed by atoms with Crippen molar-refractivity contribution in [3.8, 4) is 22.7 Å². The standard InChI is InChI=1S/C23H16F8N4O4S/c1-2-40(37,38)17-9-14(13-4-3-5-15(8-13)22(26,27)28)10-32-19(17)35-20(36)34-11-16(6-7-18(34)33-35)39-12-21(24,25)23(29,30)31/h3-11H,2,12H2,1H3. The van der Waals surface area contributed by atoms with E-state index in [0.29, 0.717) is 9.08 Å². The number of ether oxygens (including phenoxy) is 1. The van der Waals surface area contributed by atoms with Crippen molar-refractivity contribution in [3.05, 3.63) is 70.9 Å². The first-order valence-corrected chi connectivity index (χ1v) is 12.7. The lowest BCUT2D eigenvalue weighted by molar-refractivity contribution is -0.290. The molecular weight excluding hydrogens is 580 g/mol. The van der Waals surface area contributed by atoms with Crippen LogP contribution < -0.4 is 10.4 Å². The molecule has 0 atom stereocenters. The van der Waals surface area contributed by atoms with E-state index in [1.54, 1.807) is 0 Å². The van der Waals surface area contributed by atoms with Crippen LogP contribution in [0.4, 0.5) is 35.1 Å². The smallest absolute Gasteiger partial charge is 0.456 e. The summed E-state index contributed by atoms with van der Waals surface area (Å²) >= 11 is 0. The molecule has 1 aromatic carbocycles. The molecule has 40 heavy (non-hydrogen) atoms. The van der Waals surface area contributed by atoms with E-state index in [1.807, 2.05) is 0 Å². The number of pyridine rings is 2. The van der Waals surface area contributed by atoms with Gasteiger partial charge in [-0.25, -0.2) is 22.6 Å². The molecule has 3 heterocycles. The molecule has 0 spiro atoms. The SMILES string of the molecule is CCS(=O)(=O)c1cc(-c2cccc(C(F)(F)F)c2)cnc1-n1nc2ccc(OCC(F)(F)C(F)(F)F)cn2c1=O. The third kappa shape index (κ3) is 5.50. The minimum absolute atomic E-state index is 0.0128. The Kier molecular flexibility index (Phi) is 7.15. The third-order valence-electron chi connectivity index (χ3n) is 5.60. The molecule has 3 aromatic heterocycles. The maximum atomic E-state index is 13.2. The van der Waals surface area contributed by atoms with Crippen molar-refractivity contribution in [1.82, 2.24) is 19.2 Å². The number of alkyl halides is 8. The van der Waals surface area contributed by atoms with E-state index >= 15 is 0 Å². The normalized spacial score (nSPS) is 13.1. The highest BCUT2D eigenvalue weighted by Crippen LogP contribution is 2.36. The van der Waals surface area contributed by atoms with Crippen molar-refractivity contribution < 1.29 is 48.3 Å². The molecule has 4 rings (SSSR count). The van der Waals surface area contributed by atoms with Crippen LogP contribution in [0.15, 0.2) is 64.5 Å². The fourth-order valence-corrected chi connectivity index (χ4v) is 4.48. The molecule has 214 valence electrons. The number of hydrogen-bond acceptors (Lipinski definition) is 6. The number of halogens is 8. The molecule has 0 bridgehead atoms. The lowest BCUT2D eigenvalue weighted by atomic mass is 10.0. The molecular formula is C23H16F8N4O4S. The molecule has 8 nitrogen and oxygen atoms in total. The Morgan fingerprint density at radius 3 is 2.27 bits per heavy atom.